The van der Waals surface area contributed by atoms with Crippen LogP contribution >= 0.6 is 11.5 Å². The summed E-state index contributed by atoms with van der Waals surface area (Å²) in [5, 5.41) is 20.9. The Morgan fingerprint density at radius 2 is 2.05 bits per heavy atom. The van der Waals surface area contributed by atoms with E-state index in [0.29, 0.717) is 12.4 Å². The standard InChI is InChI=1S/C13H15N7S/c1-2-8-14-13-11(15-19-21-13)9-20-17-12(16-18-20)10-6-4-3-5-7-10/h3-7,14H,2,8-9H2,1H3. The van der Waals surface area contributed by atoms with E-state index in [1.54, 1.807) is 0 Å². The molecule has 0 aliphatic rings. The second-order valence-electron chi connectivity index (χ2n) is 4.49. The zero-order valence-corrected chi connectivity index (χ0v) is 12.4. The second-order valence-corrected chi connectivity index (χ2v) is 5.24. The molecule has 21 heavy (non-hydrogen) atoms. The Labute approximate surface area is 126 Å². The third kappa shape index (κ3) is 3.22. The van der Waals surface area contributed by atoms with Crippen LogP contribution in [0.15, 0.2) is 30.3 Å². The molecule has 0 unspecified atom stereocenters. The van der Waals surface area contributed by atoms with Crippen LogP contribution in [0.4, 0.5) is 5.00 Å². The average molecular weight is 301 g/mol. The molecule has 1 N–H and O–H groups in total. The van der Waals surface area contributed by atoms with Crippen molar-refractivity contribution in [1.82, 2.24) is 29.8 Å². The van der Waals surface area contributed by atoms with Crippen molar-refractivity contribution >= 4 is 16.5 Å². The largest absolute Gasteiger partial charge is 0.374 e. The van der Waals surface area contributed by atoms with Crippen molar-refractivity contribution in [2.75, 3.05) is 11.9 Å². The van der Waals surface area contributed by atoms with E-state index in [9.17, 15) is 0 Å². The number of rotatable bonds is 6. The first-order valence-electron chi connectivity index (χ1n) is 6.75. The minimum Gasteiger partial charge on any atom is -0.374 e. The van der Waals surface area contributed by atoms with Crippen LogP contribution in [0.25, 0.3) is 11.4 Å². The fraction of sp³-hybridized carbons (Fsp3) is 0.308. The molecule has 1 aromatic carbocycles. The first-order valence-corrected chi connectivity index (χ1v) is 7.52. The molecule has 0 aliphatic heterocycles. The maximum absolute atomic E-state index is 4.38. The molecule has 0 amide bonds. The van der Waals surface area contributed by atoms with Gasteiger partial charge in [0, 0.05) is 23.6 Å². The molecule has 2 aromatic heterocycles. The SMILES string of the molecule is CCCNc1snnc1Cn1nnc(-c2ccccc2)n1. The smallest absolute Gasteiger partial charge is 0.204 e. The number of nitrogens with one attached hydrogen (secondary N) is 1. The molecular formula is C13H15N7S. The highest BCUT2D eigenvalue weighted by molar-refractivity contribution is 7.10. The predicted molar refractivity (Wildman–Crippen MR) is 81.0 cm³/mol. The minimum absolute atomic E-state index is 0.461. The van der Waals surface area contributed by atoms with E-state index < -0.39 is 0 Å². The van der Waals surface area contributed by atoms with Crippen molar-refractivity contribution in [3.63, 3.8) is 0 Å². The zero-order valence-electron chi connectivity index (χ0n) is 11.6. The van der Waals surface area contributed by atoms with Crippen molar-refractivity contribution in [3.05, 3.63) is 36.0 Å². The van der Waals surface area contributed by atoms with Gasteiger partial charge in [0.25, 0.3) is 0 Å². The van der Waals surface area contributed by atoms with Gasteiger partial charge in [0.2, 0.25) is 5.82 Å². The lowest BCUT2D eigenvalue weighted by molar-refractivity contribution is 0.564. The summed E-state index contributed by atoms with van der Waals surface area (Å²) in [4.78, 5) is 1.54. The molecule has 0 bridgehead atoms. The molecule has 3 aromatic rings. The number of tetrazole rings is 1. The summed E-state index contributed by atoms with van der Waals surface area (Å²) in [5.41, 5.74) is 1.79. The summed E-state index contributed by atoms with van der Waals surface area (Å²) < 4.78 is 3.98. The molecule has 2 heterocycles. The molecule has 0 aliphatic carbocycles. The van der Waals surface area contributed by atoms with Gasteiger partial charge in [-0.15, -0.1) is 15.3 Å². The summed E-state index contributed by atoms with van der Waals surface area (Å²) in [6, 6.07) is 9.78. The highest BCUT2D eigenvalue weighted by Crippen LogP contribution is 2.18. The van der Waals surface area contributed by atoms with E-state index in [0.717, 1.165) is 29.2 Å². The van der Waals surface area contributed by atoms with Gasteiger partial charge in [-0.2, -0.15) is 4.80 Å². The minimum atomic E-state index is 0.461. The highest BCUT2D eigenvalue weighted by Gasteiger charge is 2.11. The van der Waals surface area contributed by atoms with E-state index in [4.69, 9.17) is 0 Å². The molecule has 0 atom stereocenters. The quantitative estimate of drug-likeness (QED) is 0.750. The Kier molecular flexibility index (Phi) is 4.15. The first-order chi connectivity index (χ1) is 10.4. The lowest BCUT2D eigenvalue weighted by atomic mass is 10.2. The molecule has 3 rings (SSSR count). The number of anilines is 1. The third-order valence-corrected chi connectivity index (χ3v) is 3.59. The van der Waals surface area contributed by atoms with Crippen molar-refractivity contribution in [2.24, 2.45) is 0 Å². The van der Waals surface area contributed by atoms with Crippen LogP contribution in [0, 0.1) is 0 Å². The monoisotopic (exact) mass is 301 g/mol. The van der Waals surface area contributed by atoms with Gasteiger partial charge in [-0.1, -0.05) is 41.7 Å². The first kappa shape index (κ1) is 13.6. The number of nitrogens with zero attached hydrogens (tertiary/aromatic N) is 6. The fourth-order valence-corrected chi connectivity index (χ4v) is 2.43. The fourth-order valence-electron chi connectivity index (χ4n) is 1.83. The topological polar surface area (TPSA) is 81.4 Å². The molecule has 0 saturated carbocycles. The van der Waals surface area contributed by atoms with Crippen LogP contribution in [-0.2, 0) is 6.54 Å². The molecule has 0 fully saturated rings. The molecular weight excluding hydrogens is 286 g/mol. The van der Waals surface area contributed by atoms with Crippen LogP contribution in [0.1, 0.15) is 19.0 Å². The Morgan fingerprint density at radius 1 is 1.19 bits per heavy atom. The molecule has 0 radical (unpaired) electrons. The van der Waals surface area contributed by atoms with Crippen molar-refractivity contribution < 1.29 is 0 Å². The van der Waals surface area contributed by atoms with Gasteiger partial charge in [-0.3, -0.25) is 0 Å². The highest BCUT2D eigenvalue weighted by atomic mass is 32.1. The second kappa shape index (κ2) is 6.40. The van der Waals surface area contributed by atoms with E-state index in [2.05, 4.69) is 37.2 Å². The summed E-state index contributed by atoms with van der Waals surface area (Å²) in [7, 11) is 0. The van der Waals surface area contributed by atoms with Crippen LogP contribution in [-0.4, -0.2) is 36.3 Å². The van der Waals surface area contributed by atoms with Crippen LogP contribution < -0.4 is 5.32 Å². The van der Waals surface area contributed by atoms with E-state index >= 15 is 0 Å². The zero-order chi connectivity index (χ0) is 14.5. The lowest BCUT2D eigenvalue weighted by Crippen LogP contribution is -2.08. The lowest BCUT2D eigenvalue weighted by Gasteiger charge is -2.02. The van der Waals surface area contributed by atoms with Crippen LogP contribution in [0.5, 0.6) is 0 Å². The summed E-state index contributed by atoms with van der Waals surface area (Å²) in [5.74, 6) is 0.613. The Hall–Kier alpha value is -2.35. The van der Waals surface area contributed by atoms with Crippen LogP contribution in [0.2, 0.25) is 0 Å². The normalized spacial score (nSPS) is 10.7. The van der Waals surface area contributed by atoms with Gasteiger partial charge in [-0.05, 0) is 11.6 Å². The number of aromatic nitrogens is 6. The summed E-state index contributed by atoms with van der Waals surface area (Å²) >= 11 is 1.35. The number of hydrogen-bond acceptors (Lipinski definition) is 7. The Balaban J connectivity index is 1.74. The van der Waals surface area contributed by atoms with Crippen molar-refractivity contribution in [1.29, 1.82) is 0 Å². The number of hydrogen-bond donors (Lipinski definition) is 1. The predicted octanol–water partition coefficient (Wildman–Crippen LogP) is 2.06. The molecule has 0 saturated heterocycles. The van der Waals surface area contributed by atoms with Gasteiger partial charge in [-0.25, -0.2) is 0 Å². The van der Waals surface area contributed by atoms with E-state index in [-0.39, 0.29) is 0 Å². The number of benzene rings is 1. The van der Waals surface area contributed by atoms with Gasteiger partial charge < -0.3 is 5.32 Å². The van der Waals surface area contributed by atoms with Gasteiger partial charge in [0.1, 0.15) is 17.2 Å². The van der Waals surface area contributed by atoms with Crippen molar-refractivity contribution in [3.8, 4) is 11.4 Å². The van der Waals surface area contributed by atoms with Gasteiger partial charge in [0.15, 0.2) is 0 Å². The van der Waals surface area contributed by atoms with Gasteiger partial charge in [0.05, 0.1) is 0 Å². The molecule has 0 spiro atoms. The third-order valence-electron chi connectivity index (χ3n) is 2.87. The summed E-state index contributed by atoms with van der Waals surface area (Å²) in [6.45, 7) is 3.48. The Bertz CT molecular complexity index is 691. The molecule has 8 heteroatoms. The molecule has 108 valence electrons. The van der Waals surface area contributed by atoms with E-state index in [1.165, 1.54) is 16.3 Å². The van der Waals surface area contributed by atoms with Gasteiger partial charge >= 0.3 is 0 Å². The maximum atomic E-state index is 4.38. The Morgan fingerprint density at radius 3 is 2.86 bits per heavy atom. The van der Waals surface area contributed by atoms with Crippen molar-refractivity contribution in [2.45, 2.75) is 19.9 Å². The van der Waals surface area contributed by atoms with Crippen LogP contribution in [0.3, 0.4) is 0 Å². The van der Waals surface area contributed by atoms with E-state index in [1.807, 2.05) is 30.3 Å². The maximum Gasteiger partial charge on any atom is 0.204 e. The summed E-state index contributed by atoms with van der Waals surface area (Å²) in [6.07, 6.45) is 1.05. The average Bonchev–Trinajstić information content (AvgIpc) is 3.16. The molecule has 7 nitrogen and oxygen atoms in total.